The molecule has 1 heterocycles. The summed E-state index contributed by atoms with van der Waals surface area (Å²) in [6, 6.07) is 19.1. The Kier molecular flexibility index (Phi) is 4.06. The van der Waals surface area contributed by atoms with Gasteiger partial charge in [-0.1, -0.05) is 41.0 Å². The monoisotopic (exact) mass is 243 g/mol. The van der Waals surface area contributed by atoms with Crippen molar-refractivity contribution in [2.45, 2.75) is 0 Å². The highest BCUT2D eigenvalue weighted by molar-refractivity contribution is 7.61. The van der Waals surface area contributed by atoms with Crippen LogP contribution >= 0.6 is 7.80 Å². The molecule has 84 valence electrons. The average Bonchev–Trinajstić information content (AvgIpc) is 3.28. The van der Waals surface area contributed by atoms with Gasteiger partial charge in [-0.25, -0.2) is 0 Å². The zero-order valence-corrected chi connectivity index (χ0v) is 10.1. The minimum absolute atomic E-state index is 0.883. The van der Waals surface area contributed by atoms with Crippen LogP contribution in [0.4, 0.5) is 0 Å². The molecule has 0 atom stereocenters. The molecule has 0 fully saturated rings. The summed E-state index contributed by atoms with van der Waals surface area (Å²) in [5.41, 5.74) is 0. The Morgan fingerprint density at radius 3 is 1.35 bits per heavy atom. The van der Waals surface area contributed by atoms with Crippen LogP contribution in [0.2, 0.25) is 0 Å². The van der Waals surface area contributed by atoms with Crippen LogP contribution in [0, 0.1) is 0 Å². The Morgan fingerprint density at radius 2 is 1.06 bits per heavy atom. The summed E-state index contributed by atoms with van der Waals surface area (Å²) in [4.78, 5) is 0. The van der Waals surface area contributed by atoms with E-state index in [-0.39, 0.29) is 0 Å². The molecule has 2 aromatic rings. The van der Waals surface area contributed by atoms with E-state index in [1.54, 1.807) is 12.5 Å². The fourth-order valence-electron chi connectivity index (χ4n) is 1.28. The predicted octanol–water partition coefficient (Wildman–Crippen LogP) is 2.95. The third kappa shape index (κ3) is 3.86. The van der Waals surface area contributed by atoms with Crippen molar-refractivity contribution in [3.63, 3.8) is 0 Å². The van der Waals surface area contributed by atoms with E-state index in [1.165, 1.54) is 0 Å². The lowest BCUT2D eigenvalue weighted by Gasteiger charge is -1.87. The molecule has 1 aliphatic heterocycles. The lowest BCUT2D eigenvalue weighted by atomic mass is 10.4. The molecule has 1 aliphatic rings. The van der Waals surface area contributed by atoms with Gasteiger partial charge in [0.2, 0.25) is 0 Å². The van der Waals surface area contributed by atoms with Crippen LogP contribution in [0.15, 0.2) is 73.2 Å². The highest BCUT2D eigenvalue weighted by Crippen LogP contribution is 2.18. The molecule has 3 heteroatoms. The van der Waals surface area contributed by atoms with Crippen LogP contribution in [0.5, 0.6) is 0 Å². The molecular formula is C14H12O2P+. The van der Waals surface area contributed by atoms with Gasteiger partial charge < -0.3 is 4.74 Å². The largest absolute Gasteiger partial charge is 0.466 e. The van der Waals surface area contributed by atoms with Crippen molar-refractivity contribution in [3.05, 3.63) is 73.2 Å². The van der Waals surface area contributed by atoms with E-state index in [2.05, 4.69) is 4.74 Å². The Hall–Kier alpha value is -1.92. The lowest BCUT2D eigenvalue weighted by Crippen LogP contribution is -2.04. The van der Waals surface area contributed by atoms with Crippen LogP contribution in [0.3, 0.4) is 0 Å². The SMILES string of the molecule is C1=CO1.O=[P+](c1ccccc1)c1ccccc1. The number of hydrogen-bond donors (Lipinski definition) is 0. The summed E-state index contributed by atoms with van der Waals surface area (Å²) in [5.74, 6) is 0. The Morgan fingerprint density at radius 1 is 0.706 bits per heavy atom. The second-order valence-electron chi connectivity index (χ2n) is 3.37. The average molecular weight is 243 g/mol. The molecule has 2 nitrogen and oxygen atoms in total. The molecule has 0 saturated heterocycles. The van der Waals surface area contributed by atoms with Crippen molar-refractivity contribution in [1.29, 1.82) is 0 Å². The maximum atomic E-state index is 12.0. The molecule has 0 unspecified atom stereocenters. The van der Waals surface area contributed by atoms with E-state index in [9.17, 15) is 4.57 Å². The second kappa shape index (κ2) is 5.97. The van der Waals surface area contributed by atoms with Gasteiger partial charge in [0.15, 0.2) is 10.6 Å². The van der Waals surface area contributed by atoms with Crippen molar-refractivity contribution >= 4 is 18.4 Å². The zero-order valence-electron chi connectivity index (χ0n) is 9.19. The highest BCUT2D eigenvalue weighted by atomic mass is 31.1. The normalized spacial score (nSPS) is 10.8. The third-order valence-corrected chi connectivity index (χ3v) is 3.65. The van der Waals surface area contributed by atoms with Gasteiger partial charge in [-0.3, -0.25) is 0 Å². The minimum Gasteiger partial charge on any atom is -0.466 e. The van der Waals surface area contributed by atoms with Crippen LogP contribution in [-0.2, 0) is 9.30 Å². The maximum absolute atomic E-state index is 12.0. The van der Waals surface area contributed by atoms with Gasteiger partial charge in [-0.2, -0.15) is 0 Å². The Balaban J connectivity index is 0.000000313. The summed E-state index contributed by atoms with van der Waals surface area (Å²) in [5, 5.41) is 1.77. The summed E-state index contributed by atoms with van der Waals surface area (Å²) >= 11 is 0. The first-order chi connectivity index (χ1) is 8.38. The first kappa shape index (κ1) is 11.6. The molecule has 0 spiro atoms. The van der Waals surface area contributed by atoms with Gasteiger partial charge in [0.1, 0.15) is 12.5 Å². The van der Waals surface area contributed by atoms with Crippen molar-refractivity contribution < 1.29 is 9.30 Å². The number of benzene rings is 2. The molecule has 0 bridgehead atoms. The van der Waals surface area contributed by atoms with E-state index >= 15 is 0 Å². The molecule has 0 aliphatic carbocycles. The van der Waals surface area contributed by atoms with Crippen LogP contribution in [0.1, 0.15) is 0 Å². The first-order valence-electron chi connectivity index (χ1n) is 5.26. The number of hydrogen-bond acceptors (Lipinski definition) is 2. The van der Waals surface area contributed by atoms with Crippen LogP contribution < -0.4 is 10.6 Å². The molecule has 0 saturated carbocycles. The third-order valence-electron chi connectivity index (χ3n) is 2.12. The fraction of sp³-hybridized carbons (Fsp3) is 0. The predicted molar refractivity (Wildman–Crippen MR) is 70.0 cm³/mol. The molecule has 2 aromatic carbocycles. The Labute approximate surface area is 101 Å². The molecule has 17 heavy (non-hydrogen) atoms. The van der Waals surface area contributed by atoms with Gasteiger partial charge in [0, 0.05) is 0 Å². The maximum Gasteiger partial charge on any atom is 0.415 e. The lowest BCUT2D eigenvalue weighted by molar-refractivity contribution is 0.541. The van der Waals surface area contributed by atoms with Crippen molar-refractivity contribution in [3.8, 4) is 0 Å². The number of ether oxygens (including phenoxy) is 1. The van der Waals surface area contributed by atoms with Gasteiger partial charge in [-0.05, 0) is 24.3 Å². The molecule has 0 aromatic heterocycles. The molecule has 0 amide bonds. The standard InChI is InChI=1S/C12H10OP.C2H2O/c13-14(11-7-3-1-4-8-11)12-9-5-2-6-10-12;1-2-3-1/h1-10H;1-2H/q+1;. The fourth-order valence-corrected chi connectivity index (χ4v) is 2.46. The zero-order chi connectivity index (χ0) is 11.9. The summed E-state index contributed by atoms with van der Waals surface area (Å²) in [6.45, 7) is 0. The van der Waals surface area contributed by atoms with Gasteiger partial charge in [-0.15, -0.1) is 0 Å². The smallest absolute Gasteiger partial charge is 0.415 e. The summed E-state index contributed by atoms with van der Waals surface area (Å²) in [7, 11) is -1.42. The van der Waals surface area contributed by atoms with E-state index in [1.807, 2.05) is 60.7 Å². The van der Waals surface area contributed by atoms with E-state index < -0.39 is 7.80 Å². The second-order valence-corrected chi connectivity index (χ2v) is 5.00. The summed E-state index contributed by atoms with van der Waals surface area (Å²) in [6.07, 6.45) is 3.25. The van der Waals surface area contributed by atoms with Gasteiger partial charge in [0.05, 0.1) is 0 Å². The van der Waals surface area contributed by atoms with E-state index in [0.717, 1.165) is 10.6 Å². The van der Waals surface area contributed by atoms with Crippen molar-refractivity contribution in [2.24, 2.45) is 0 Å². The molecular weight excluding hydrogens is 231 g/mol. The van der Waals surface area contributed by atoms with E-state index in [4.69, 9.17) is 0 Å². The summed E-state index contributed by atoms with van der Waals surface area (Å²) < 4.78 is 16.2. The molecule has 0 radical (unpaired) electrons. The first-order valence-corrected chi connectivity index (χ1v) is 6.52. The van der Waals surface area contributed by atoms with Crippen molar-refractivity contribution in [1.82, 2.24) is 0 Å². The molecule has 0 N–H and O–H groups in total. The highest BCUT2D eigenvalue weighted by Gasteiger charge is 2.21. The van der Waals surface area contributed by atoms with Crippen LogP contribution in [0.25, 0.3) is 0 Å². The molecule has 3 rings (SSSR count). The van der Waals surface area contributed by atoms with Crippen molar-refractivity contribution in [2.75, 3.05) is 0 Å². The Bertz CT molecular complexity index is 461. The topological polar surface area (TPSA) is 29.6 Å². The minimum atomic E-state index is -1.42. The number of rotatable bonds is 2. The van der Waals surface area contributed by atoms with Gasteiger partial charge in [0.25, 0.3) is 0 Å². The van der Waals surface area contributed by atoms with E-state index in [0.29, 0.717) is 0 Å². The van der Waals surface area contributed by atoms with Crippen LogP contribution in [-0.4, -0.2) is 0 Å². The quantitative estimate of drug-likeness (QED) is 0.759. The van der Waals surface area contributed by atoms with Gasteiger partial charge >= 0.3 is 7.80 Å².